The largest absolute Gasteiger partial charge is 0.396 e. The van der Waals surface area contributed by atoms with Gasteiger partial charge in [-0.3, -0.25) is 14.3 Å². The fourth-order valence-electron chi connectivity index (χ4n) is 4.13. The summed E-state index contributed by atoms with van der Waals surface area (Å²) in [5.74, 6) is -0.544. The van der Waals surface area contributed by atoms with Gasteiger partial charge in [0.1, 0.15) is 5.69 Å². The minimum absolute atomic E-state index is 0.0716. The van der Waals surface area contributed by atoms with Gasteiger partial charge in [-0.25, -0.2) is 8.78 Å². The second-order valence-electron chi connectivity index (χ2n) is 7.73. The predicted molar refractivity (Wildman–Crippen MR) is 86.8 cm³/mol. The topological polar surface area (TPSA) is 81.2 Å². The number of alkyl halides is 2. The highest BCUT2D eigenvalue weighted by atomic mass is 19.3. The zero-order valence-corrected chi connectivity index (χ0v) is 14.6. The number of ketones is 1. The van der Waals surface area contributed by atoms with Crippen molar-refractivity contribution in [2.45, 2.75) is 33.1 Å². The number of halogens is 2. The molecule has 136 valence electrons. The molecule has 3 rings (SSSR count). The van der Waals surface area contributed by atoms with Gasteiger partial charge in [-0.1, -0.05) is 13.8 Å². The van der Waals surface area contributed by atoms with E-state index in [1.807, 2.05) is 13.8 Å². The molecule has 0 bridgehead atoms. The van der Waals surface area contributed by atoms with Crippen molar-refractivity contribution in [2.75, 3.05) is 13.1 Å². The monoisotopic (exact) mass is 352 g/mol. The number of allylic oxidation sites excluding steroid dienone is 1. The summed E-state index contributed by atoms with van der Waals surface area (Å²) in [4.78, 5) is 26.5. The second kappa shape index (κ2) is 5.64. The number of likely N-dealkylation sites (tertiary alicyclic amines) is 1. The van der Waals surface area contributed by atoms with Gasteiger partial charge in [-0.05, 0) is 18.9 Å². The predicted octanol–water partition coefficient (Wildman–Crippen LogP) is 2.03. The first-order valence-electron chi connectivity index (χ1n) is 8.19. The highest BCUT2D eigenvalue weighted by molar-refractivity contribution is 6.00. The number of hydrogen-bond acceptors (Lipinski definition) is 4. The molecule has 1 saturated heterocycles. The van der Waals surface area contributed by atoms with Crippen LogP contribution in [0.15, 0.2) is 18.0 Å². The Labute approximate surface area is 144 Å². The van der Waals surface area contributed by atoms with E-state index in [2.05, 4.69) is 5.10 Å². The lowest BCUT2D eigenvalue weighted by Crippen LogP contribution is -2.42. The maximum Gasteiger partial charge on any atom is 0.282 e. The average molecular weight is 352 g/mol. The Kier molecular flexibility index (Phi) is 3.96. The molecule has 2 aliphatic rings. The molecule has 1 fully saturated rings. The quantitative estimate of drug-likeness (QED) is 0.883. The molecule has 0 radical (unpaired) electrons. The third-order valence-corrected chi connectivity index (χ3v) is 5.10. The Morgan fingerprint density at radius 2 is 2.08 bits per heavy atom. The van der Waals surface area contributed by atoms with Gasteiger partial charge in [0.15, 0.2) is 5.78 Å². The lowest BCUT2D eigenvalue weighted by molar-refractivity contribution is -0.125. The van der Waals surface area contributed by atoms with E-state index in [1.165, 1.54) is 17.9 Å². The molecule has 1 atom stereocenters. The molecule has 2 N–H and O–H groups in total. The summed E-state index contributed by atoms with van der Waals surface area (Å²) >= 11 is 0. The van der Waals surface area contributed by atoms with Gasteiger partial charge in [0, 0.05) is 37.2 Å². The lowest BCUT2D eigenvalue weighted by Gasteiger charge is -2.39. The van der Waals surface area contributed by atoms with E-state index in [-0.39, 0.29) is 22.5 Å². The number of carbonyl (C=O) groups excluding carboxylic acids is 2. The van der Waals surface area contributed by atoms with Gasteiger partial charge >= 0.3 is 0 Å². The van der Waals surface area contributed by atoms with Gasteiger partial charge in [-0.15, -0.1) is 0 Å². The van der Waals surface area contributed by atoms with Crippen LogP contribution in [0.5, 0.6) is 0 Å². The highest BCUT2D eigenvalue weighted by Gasteiger charge is 2.48. The molecule has 1 aliphatic heterocycles. The Morgan fingerprint density at radius 1 is 1.40 bits per heavy atom. The van der Waals surface area contributed by atoms with Crippen molar-refractivity contribution < 1.29 is 18.4 Å². The van der Waals surface area contributed by atoms with Crippen LogP contribution in [0.25, 0.3) is 0 Å². The summed E-state index contributed by atoms with van der Waals surface area (Å²) < 4.78 is 27.5. The summed E-state index contributed by atoms with van der Waals surface area (Å²) in [5.41, 5.74) is 4.58. The summed E-state index contributed by atoms with van der Waals surface area (Å²) in [5, 5.41) is 3.69. The number of nitrogens with two attached hydrogens (primary N) is 1. The van der Waals surface area contributed by atoms with Crippen molar-refractivity contribution in [3.05, 3.63) is 29.2 Å². The first-order valence-corrected chi connectivity index (χ1v) is 8.19. The van der Waals surface area contributed by atoms with Gasteiger partial charge < -0.3 is 10.6 Å². The average Bonchev–Trinajstić information content (AvgIpc) is 3.08. The summed E-state index contributed by atoms with van der Waals surface area (Å²) in [7, 11) is 1.51. The van der Waals surface area contributed by atoms with Crippen molar-refractivity contribution in [2.24, 2.45) is 23.6 Å². The number of rotatable bonds is 2. The first-order chi connectivity index (χ1) is 11.5. The van der Waals surface area contributed by atoms with Crippen LogP contribution in [-0.4, -0.2) is 39.5 Å². The van der Waals surface area contributed by atoms with Crippen molar-refractivity contribution in [1.29, 1.82) is 0 Å². The molecule has 2 heterocycles. The van der Waals surface area contributed by atoms with E-state index in [4.69, 9.17) is 5.73 Å². The molecule has 0 aromatic carbocycles. The fraction of sp³-hybridized carbons (Fsp3) is 0.588. The van der Waals surface area contributed by atoms with Crippen molar-refractivity contribution >= 4 is 11.7 Å². The molecule has 0 unspecified atom stereocenters. The van der Waals surface area contributed by atoms with Crippen LogP contribution >= 0.6 is 0 Å². The summed E-state index contributed by atoms with van der Waals surface area (Å²) in [6.07, 6.45) is 1.51. The van der Waals surface area contributed by atoms with E-state index in [1.54, 1.807) is 11.0 Å². The zero-order chi connectivity index (χ0) is 18.6. The number of hydrogen-bond donors (Lipinski definition) is 1. The van der Waals surface area contributed by atoms with Crippen molar-refractivity contribution in [1.82, 2.24) is 14.7 Å². The number of aryl methyl sites for hydroxylation is 1. The van der Waals surface area contributed by atoms with Crippen LogP contribution < -0.4 is 5.73 Å². The maximum atomic E-state index is 13.1. The molecule has 1 aliphatic carbocycles. The molecule has 8 heteroatoms. The molecule has 25 heavy (non-hydrogen) atoms. The third kappa shape index (κ3) is 2.94. The number of Topliss-reactive ketones (excluding diaryl/α,β-unsaturated/α-hetero) is 1. The Balaban J connectivity index is 1.86. The molecular weight excluding hydrogens is 330 g/mol. The van der Waals surface area contributed by atoms with E-state index in [9.17, 15) is 18.4 Å². The smallest absolute Gasteiger partial charge is 0.282 e. The Morgan fingerprint density at radius 3 is 2.68 bits per heavy atom. The number of nitrogens with zero attached hydrogens (tertiary/aromatic N) is 3. The molecule has 1 amide bonds. The standard InChI is InChI=1S/C17H22F2N4O2/c1-16(2)8-17(6-11(20)13(16)24)4-5-23(9-17)15(25)10-7-22(3)21-12(10)14(18)19/h6-7,14H,4-5,8-9,20H2,1-3H3/t17-/m1/s1. The zero-order valence-electron chi connectivity index (χ0n) is 14.6. The van der Waals surface area contributed by atoms with E-state index >= 15 is 0 Å². The van der Waals surface area contributed by atoms with Crippen LogP contribution in [0.3, 0.4) is 0 Å². The Bertz CT molecular complexity index is 769. The van der Waals surface area contributed by atoms with Crippen molar-refractivity contribution in [3.8, 4) is 0 Å². The highest BCUT2D eigenvalue weighted by Crippen LogP contribution is 2.47. The van der Waals surface area contributed by atoms with Gasteiger partial charge in [0.2, 0.25) is 0 Å². The summed E-state index contributed by atoms with van der Waals surface area (Å²) in [6.45, 7) is 4.49. The molecule has 1 aromatic heterocycles. The number of aromatic nitrogens is 2. The van der Waals surface area contributed by atoms with Gasteiger partial charge in [0.25, 0.3) is 12.3 Å². The molecule has 1 spiro atoms. The molecule has 0 saturated carbocycles. The molecule has 1 aromatic rings. The SMILES string of the molecule is Cn1cc(C(=O)N2CC[C@]3(C=C(N)C(=O)C(C)(C)C3)C2)c(C(F)F)n1. The van der Waals surface area contributed by atoms with Crippen LogP contribution in [0.2, 0.25) is 0 Å². The maximum absolute atomic E-state index is 13.1. The lowest BCUT2D eigenvalue weighted by atomic mass is 9.65. The first kappa shape index (κ1) is 17.6. The fourth-order valence-corrected chi connectivity index (χ4v) is 4.13. The van der Waals surface area contributed by atoms with Crippen molar-refractivity contribution in [3.63, 3.8) is 0 Å². The van der Waals surface area contributed by atoms with Crippen LogP contribution in [0, 0.1) is 10.8 Å². The number of amides is 1. The van der Waals surface area contributed by atoms with Gasteiger partial charge in [-0.2, -0.15) is 5.10 Å². The van der Waals surface area contributed by atoms with Crippen LogP contribution in [0.4, 0.5) is 8.78 Å². The summed E-state index contributed by atoms with van der Waals surface area (Å²) in [6, 6.07) is 0. The van der Waals surface area contributed by atoms with E-state index in [0.717, 1.165) is 0 Å². The third-order valence-electron chi connectivity index (χ3n) is 5.10. The minimum Gasteiger partial charge on any atom is -0.396 e. The second-order valence-corrected chi connectivity index (χ2v) is 7.73. The molecule has 6 nitrogen and oxygen atoms in total. The normalized spacial score (nSPS) is 25.8. The van der Waals surface area contributed by atoms with E-state index in [0.29, 0.717) is 25.9 Å². The van der Waals surface area contributed by atoms with Crippen LogP contribution in [0.1, 0.15) is 49.2 Å². The van der Waals surface area contributed by atoms with Crippen LogP contribution in [-0.2, 0) is 11.8 Å². The molecular formula is C17H22F2N4O2. The van der Waals surface area contributed by atoms with E-state index < -0.39 is 23.4 Å². The number of carbonyl (C=O) groups is 2. The minimum atomic E-state index is -2.81. The van der Waals surface area contributed by atoms with Gasteiger partial charge in [0.05, 0.1) is 11.3 Å². The Hall–Kier alpha value is -2.25.